The molecule has 174 valence electrons. The van der Waals surface area contributed by atoms with E-state index in [1.165, 1.54) is 10.6 Å². The van der Waals surface area contributed by atoms with Crippen molar-refractivity contribution in [2.45, 2.75) is 20.4 Å². The third kappa shape index (κ3) is 4.41. The van der Waals surface area contributed by atoms with Gasteiger partial charge in [-0.1, -0.05) is 30.3 Å². The van der Waals surface area contributed by atoms with Crippen LogP contribution in [0.3, 0.4) is 0 Å². The summed E-state index contributed by atoms with van der Waals surface area (Å²) >= 11 is 1.01. The Balaban J connectivity index is 1.38. The van der Waals surface area contributed by atoms with E-state index in [0.717, 1.165) is 66.3 Å². The second-order valence-electron chi connectivity index (χ2n) is 8.53. The molecule has 6 nitrogen and oxygen atoms in total. The van der Waals surface area contributed by atoms with Crippen LogP contribution in [-0.2, 0) is 16.1 Å². The monoisotopic (exact) mass is 473 g/mol. The standard InChI is InChI=1S/C27H27N3O3S/c1-19-16-22(17-25-26(31)29(27(32)34-25)18-21-6-4-3-5-7-21)20(2)30(19)24-10-8-23(9-11-24)28-12-14-33-15-13-28/h3-11,16-17H,12-15,18H2,1-2H3/b25-17-. The molecule has 0 spiro atoms. The molecule has 2 aliphatic rings. The number of anilines is 1. The van der Waals surface area contributed by atoms with Gasteiger partial charge in [0.15, 0.2) is 0 Å². The van der Waals surface area contributed by atoms with Crippen LogP contribution in [0.2, 0.25) is 0 Å². The van der Waals surface area contributed by atoms with Gasteiger partial charge in [-0.25, -0.2) is 0 Å². The molecule has 2 saturated heterocycles. The number of carbonyl (C=O) groups is 2. The van der Waals surface area contributed by atoms with Crippen LogP contribution in [0.5, 0.6) is 0 Å². The molecular weight excluding hydrogens is 446 g/mol. The third-order valence-corrected chi connectivity index (χ3v) is 7.21. The van der Waals surface area contributed by atoms with Crippen molar-refractivity contribution < 1.29 is 14.3 Å². The van der Waals surface area contributed by atoms with Crippen LogP contribution in [0.25, 0.3) is 11.8 Å². The molecule has 0 bridgehead atoms. The van der Waals surface area contributed by atoms with Crippen LogP contribution in [0.4, 0.5) is 10.5 Å². The minimum Gasteiger partial charge on any atom is -0.378 e. The van der Waals surface area contributed by atoms with Gasteiger partial charge >= 0.3 is 0 Å². The quantitative estimate of drug-likeness (QED) is 0.479. The first kappa shape index (κ1) is 22.5. The molecule has 0 N–H and O–H groups in total. The topological polar surface area (TPSA) is 54.8 Å². The molecule has 34 heavy (non-hydrogen) atoms. The highest BCUT2D eigenvalue weighted by Crippen LogP contribution is 2.34. The van der Waals surface area contributed by atoms with Gasteiger partial charge in [-0.05, 0) is 73.1 Å². The van der Waals surface area contributed by atoms with Gasteiger partial charge in [0.25, 0.3) is 11.1 Å². The molecule has 7 heteroatoms. The van der Waals surface area contributed by atoms with E-state index in [2.05, 4.69) is 46.7 Å². The van der Waals surface area contributed by atoms with E-state index in [9.17, 15) is 9.59 Å². The fourth-order valence-corrected chi connectivity index (χ4v) is 5.34. The highest BCUT2D eigenvalue weighted by molar-refractivity contribution is 8.18. The highest BCUT2D eigenvalue weighted by Gasteiger charge is 2.35. The molecule has 0 aliphatic carbocycles. The molecule has 0 saturated carbocycles. The predicted molar refractivity (Wildman–Crippen MR) is 136 cm³/mol. The number of ether oxygens (including phenoxy) is 1. The van der Waals surface area contributed by atoms with Crippen molar-refractivity contribution >= 4 is 34.7 Å². The summed E-state index contributed by atoms with van der Waals surface area (Å²) in [4.78, 5) is 29.6. The summed E-state index contributed by atoms with van der Waals surface area (Å²) in [6.45, 7) is 7.73. The van der Waals surface area contributed by atoms with Gasteiger partial charge in [0.2, 0.25) is 0 Å². The zero-order chi connectivity index (χ0) is 23.7. The summed E-state index contributed by atoms with van der Waals surface area (Å²) in [6.07, 6.45) is 1.84. The smallest absolute Gasteiger partial charge is 0.293 e. The highest BCUT2D eigenvalue weighted by atomic mass is 32.2. The number of thioether (sulfide) groups is 1. The molecule has 2 fully saturated rings. The summed E-state index contributed by atoms with van der Waals surface area (Å²) in [7, 11) is 0. The first-order valence-electron chi connectivity index (χ1n) is 11.4. The fraction of sp³-hybridized carbons (Fsp3) is 0.259. The molecule has 3 aromatic rings. The largest absolute Gasteiger partial charge is 0.378 e. The zero-order valence-corrected chi connectivity index (χ0v) is 20.2. The lowest BCUT2D eigenvalue weighted by Gasteiger charge is -2.29. The molecule has 2 amide bonds. The number of hydrogen-bond donors (Lipinski definition) is 0. The lowest BCUT2D eigenvalue weighted by Crippen LogP contribution is -2.36. The third-order valence-electron chi connectivity index (χ3n) is 6.30. The second kappa shape index (κ2) is 9.52. The van der Waals surface area contributed by atoms with Gasteiger partial charge in [-0.3, -0.25) is 14.5 Å². The minimum absolute atomic E-state index is 0.229. The number of aromatic nitrogens is 1. The molecule has 3 heterocycles. The van der Waals surface area contributed by atoms with E-state index in [1.54, 1.807) is 0 Å². The summed E-state index contributed by atoms with van der Waals surface area (Å²) in [5, 5.41) is -0.229. The summed E-state index contributed by atoms with van der Waals surface area (Å²) in [6, 6.07) is 20.2. The Labute approximate surface area is 203 Å². The van der Waals surface area contributed by atoms with Crippen molar-refractivity contribution in [3.8, 4) is 5.69 Å². The van der Waals surface area contributed by atoms with E-state index in [1.807, 2.05) is 43.3 Å². The maximum absolute atomic E-state index is 13.0. The normalized spacial score (nSPS) is 17.8. The van der Waals surface area contributed by atoms with Gasteiger partial charge in [0, 0.05) is 35.9 Å². The van der Waals surface area contributed by atoms with Gasteiger partial charge in [0.1, 0.15) is 0 Å². The maximum atomic E-state index is 13.0. The Bertz CT molecular complexity index is 1240. The van der Waals surface area contributed by atoms with E-state index < -0.39 is 0 Å². The summed E-state index contributed by atoms with van der Waals surface area (Å²) in [5.74, 6) is -0.237. The lowest BCUT2D eigenvalue weighted by atomic mass is 10.2. The Kier molecular flexibility index (Phi) is 6.30. The molecule has 0 atom stereocenters. The van der Waals surface area contributed by atoms with Crippen LogP contribution >= 0.6 is 11.8 Å². The van der Waals surface area contributed by atoms with Crippen molar-refractivity contribution in [2.75, 3.05) is 31.2 Å². The van der Waals surface area contributed by atoms with Crippen LogP contribution in [0.1, 0.15) is 22.5 Å². The minimum atomic E-state index is -0.237. The average Bonchev–Trinajstić information content (AvgIpc) is 3.29. The van der Waals surface area contributed by atoms with Crippen LogP contribution in [0.15, 0.2) is 65.6 Å². The predicted octanol–water partition coefficient (Wildman–Crippen LogP) is 5.17. The summed E-state index contributed by atoms with van der Waals surface area (Å²) in [5.41, 5.74) is 6.26. The number of benzene rings is 2. The second-order valence-corrected chi connectivity index (χ2v) is 9.52. The lowest BCUT2D eigenvalue weighted by molar-refractivity contribution is -0.123. The number of nitrogens with zero attached hydrogens (tertiary/aromatic N) is 3. The van der Waals surface area contributed by atoms with Crippen molar-refractivity contribution in [3.05, 3.63) is 88.1 Å². The van der Waals surface area contributed by atoms with Gasteiger partial charge < -0.3 is 14.2 Å². The Morgan fingerprint density at radius 2 is 1.62 bits per heavy atom. The molecule has 5 rings (SSSR count). The van der Waals surface area contributed by atoms with Crippen molar-refractivity contribution in [2.24, 2.45) is 0 Å². The Morgan fingerprint density at radius 3 is 2.32 bits per heavy atom. The zero-order valence-electron chi connectivity index (χ0n) is 19.4. The SMILES string of the molecule is Cc1cc(/C=C2\SC(=O)N(Cc3ccccc3)C2=O)c(C)n1-c1ccc(N2CCOCC2)cc1. The van der Waals surface area contributed by atoms with Gasteiger partial charge in [-0.15, -0.1) is 0 Å². The molecule has 1 aromatic heterocycles. The number of imide groups is 1. The van der Waals surface area contributed by atoms with E-state index >= 15 is 0 Å². The number of morpholine rings is 1. The Hall–Kier alpha value is -3.29. The van der Waals surface area contributed by atoms with E-state index in [0.29, 0.717) is 4.91 Å². The van der Waals surface area contributed by atoms with Crippen LogP contribution < -0.4 is 4.90 Å². The number of aryl methyl sites for hydroxylation is 1. The maximum Gasteiger partial charge on any atom is 0.293 e. The van der Waals surface area contributed by atoms with Crippen molar-refractivity contribution in [1.29, 1.82) is 0 Å². The number of hydrogen-bond acceptors (Lipinski definition) is 5. The molecule has 2 aliphatic heterocycles. The van der Waals surface area contributed by atoms with Gasteiger partial charge in [-0.2, -0.15) is 0 Å². The fourth-order valence-electron chi connectivity index (χ4n) is 4.51. The molecular formula is C27H27N3O3S. The first-order valence-corrected chi connectivity index (χ1v) is 12.2. The van der Waals surface area contributed by atoms with Gasteiger partial charge in [0.05, 0.1) is 24.7 Å². The first-order chi connectivity index (χ1) is 16.5. The van der Waals surface area contributed by atoms with E-state index in [-0.39, 0.29) is 17.7 Å². The molecule has 0 radical (unpaired) electrons. The van der Waals surface area contributed by atoms with Crippen molar-refractivity contribution in [1.82, 2.24) is 9.47 Å². The number of amides is 2. The summed E-state index contributed by atoms with van der Waals surface area (Å²) < 4.78 is 7.64. The number of carbonyl (C=O) groups excluding carboxylic acids is 2. The Morgan fingerprint density at radius 1 is 0.941 bits per heavy atom. The van der Waals surface area contributed by atoms with Crippen LogP contribution in [-0.4, -0.2) is 46.9 Å². The molecule has 0 unspecified atom stereocenters. The van der Waals surface area contributed by atoms with E-state index in [4.69, 9.17) is 4.74 Å². The number of rotatable bonds is 5. The average molecular weight is 474 g/mol. The van der Waals surface area contributed by atoms with Crippen molar-refractivity contribution in [3.63, 3.8) is 0 Å². The van der Waals surface area contributed by atoms with Crippen LogP contribution in [0, 0.1) is 13.8 Å². The molecule has 2 aromatic carbocycles.